The molecule has 0 aromatic heterocycles. The topological polar surface area (TPSA) is 38.5 Å². The van der Waals surface area contributed by atoms with Crippen molar-refractivity contribution in [2.45, 2.75) is 57.6 Å². The van der Waals surface area contributed by atoms with Gasteiger partial charge < -0.3 is 10.5 Å². The molecule has 0 radical (unpaired) electrons. The molecule has 1 unspecified atom stereocenters. The Morgan fingerprint density at radius 3 is 2.75 bits per heavy atom. The molecule has 0 aromatic carbocycles. The van der Waals surface area contributed by atoms with Gasteiger partial charge in [0.1, 0.15) is 0 Å². The van der Waals surface area contributed by atoms with Crippen molar-refractivity contribution in [2.75, 3.05) is 37.7 Å². The summed E-state index contributed by atoms with van der Waals surface area (Å²) in [4.78, 5) is 2.70. The van der Waals surface area contributed by atoms with Crippen LogP contribution in [0.25, 0.3) is 0 Å². The summed E-state index contributed by atoms with van der Waals surface area (Å²) >= 11 is 2.09. The predicted molar refractivity (Wildman–Crippen MR) is 88.3 cm³/mol. The zero-order valence-electron chi connectivity index (χ0n) is 13.3. The summed E-state index contributed by atoms with van der Waals surface area (Å²) in [7, 11) is 0. The fourth-order valence-corrected chi connectivity index (χ4v) is 4.83. The number of rotatable bonds is 6. The first kappa shape index (κ1) is 16.6. The minimum absolute atomic E-state index is 0.201. The highest BCUT2D eigenvalue weighted by Crippen LogP contribution is 2.39. The second kappa shape index (κ2) is 8.02. The van der Waals surface area contributed by atoms with E-state index in [1.54, 1.807) is 0 Å². The highest BCUT2D eigenvalue weighted by Gasteiger charge is 2.40. The number of thioether (sulfide) groups is 1. The predicted octanol–water partition coefficient (Wildman–Crippen LogP) is 2.74. The molecule has 2 heterocycles. The van der Waals surface area contributed by atoms with E-state index in [0.29, 0.717) is 6.04 Å². The van der Waals surface area contributed by atoms with E-state index in [1.807, 2.05) is 0 Å². The Morgan fingerprint density at radius 2 is 2.10 bits per heavy atom. The summed E-state index contributed by atoms with van der Waals surface area (Å²) in [6.45, 7) is 8.76. The third-order valence-electron chi connectivity index (χ3n) is 4.64. The average molecular weight is 301 g/mol. The second-order valence-corrected chi connectivity index (χ2v) is 8.05. The van der Waals surface area contributed by atoms with Gasteiger partial charge in [-0.25, -0.2) is 0 Å². The summed E-state index contributed by atoms with van der Waals surface area (Å²) in [5, 5.41) is 0. The number of ether oxygens (including phenoxy) is 1. The zero-order valence-corrected chi connectivity index (χ0v) is 14.1. The Balaban J connectivity index is 1.96. The molecule has 2 fully saturated rings. The lowest BCUT2D eigenvalue weighted by molar-refractivity contribution is -0.111. The Labute approximate surface area is 129 Å². The average Bonchev–Trinajstić information content (AvgIpc) is 2.44. The summed E-state index contributed by atoms with van der Waals surface area (Å²) < 4.78 is 6.23. The molecule has 0 bridgehead atoms. The third kappa shape index (κ3) is 4.62. The van der Waals surface area contributed by atoms with Gasteiger partial charge in [-0.05, 0) is 62.6 Å². The van der Waals surface area contributed by atoms with Crippen molar-refractivity contribution >= 4 is 11.8 Å². The highest BCUT2D eigenvalue weighted by atomic mass is 32.2. The fraction of sp³-hybridized carbons (Fsp3) is 1.00. The van der Waals surface area contributed by atoms with E-state index in [-0.39, 0.29) is 5.60 Å². The molecule has 2 saturated heterocycles. The van der Waals surface area contributed by atoms with Crippen LogP contribution in [0.4, 0.5) is 0 Å². The van der Waals surface area contributed by atoms with E-state index in [4.69, 9.17) is 10.5 Å². The number of hydrogen-bond donors (Lipinski definition) is 1. The van der Waals surface area contributed by atoms with Crippen LogP contribution in [0.15, 0.2) is 0 Å². The Kier molecular flexibility index (Phi) is 6.66. The van der Waals surface area contributed by atoms with Gasteiger partial charge in [0, 0.05) is 19.2 Å². The maximum atomic E-state index is 6.23. The maximum absolute atomic E-state index is 6.23. The largest absolute Gasteiger partial charge is 0.375 e. The Bertz CT molecular complexity index is 274. The lowest BCUT2D eigenvalue weighted by Crippen LogP contribution is -2.51. The van der Waals surface area contributed by atoms with E-state index < -0.39 is 0 Å². The summed E-state index contributed by atoms with van der Waals surface area (Å²) in [5.74, 6) is 3.29. The smallest absolute Gasteiger partial charge is 0.0713 e. The molecule has 1 atom stereocenters. The van der Waals surface area contributed by atoms with Gasteiger partial charge in [-0.3, -0.25) is 4.90 Å². The normalized spacial score (nSPS) is 26.6. The maximum Gasteiger partial charge on any atom is 0.0713 e. The van der Waals surface area contributed by atoms with E-state index in [1.165, 1.54) is 43.7 Å². The standard InChI is InChI=1S/C16H32N2OS/c1-14(2)13-18(8-3-7-17)15-4-9-19-16(12-15)5-10-20-11-6-16/h14-15H,3-13,17H2,1-2H3. The molecule has 20 heavy (non-hydrogen) atoms. The van der Waals surface area contributed by atoms with Crippen molar-refractivity contribution in [3.8, 4) is 0 Å². The van der Waals surface area contributed by atoms with E-state index in [0.717, 1.165) is 32.0 Å². The van der Waals surface area contributed by atoms with Crippen LogP contribution < -0.4 is 5.73 Å². The van der Waals surface area contributed by atoms with Crippen molar-refractivity contribution in [3.63, 3.8) is 0 Å². The molecule has 2 aliphatic rings. The first-order valence-corrected chi connectivity index (χ1v) is 9.46. The molecule has 0 saturated carbocycles. The molecular weight excluding hydrogens is 268 g/mol. The Hall–Kier alpha value is 0.230. The van der Waals surface area contributed by atoms with Crippen molar-refractivity contribution < 1.29 is 4.74 Å². The molecule has 2 rings (SSSR count). The molecule has 0 aromatic rings. The molecular formula is C16H32N2OS. The Morgan fingerprint density at radius 1 is 1.35 bits per heavy atom. The van der Waals surface area contributed by atoms with E-state index in [2.05, 4.69) is 30.5 Å². The van der Waals surface area contributed by atoms with Gasteiger partial charge in [0.05, 0.1) is 5.60 Å². The molecule has 4 heteroatoms. The number of hydrogen-bond acceptors (Lipinski definition) is 4. The summed E-state index contributed by atoms with van der Waals surface area (Å²) in [6, 6.07) is 0.709. The van der Waals surface area contributed by atoms with Gasteiger partial charge in [0.25, 0.3) is 0 Å². The van der Waals surface area contributed by atoms with Crippen molar-refractivity contribution in [3.05, 3.63) is 0 Å². The quantitative estimate of drug-likeness (QED) is 0.818. The molecule has 1 spiro atoms. The van der Waals surface area contributed by atoms with Crippen LogP contribution in [-0.2, 0) is 4.74 Å². The third-order valence-corrected chi connectivity index (χ3v) is 5.62. The highest BCUT2D eigenvalue weighted by molar-refractivity contribution is 7.99. The van der Waals surface area contributed by atoms with Gasteiger partial charge in [-0.2, -0.15) is 11.8 Å². The zero-order chi connectivity index (χ0) is 14.4. The van der Waals surface area contributed by atoms with Crippen molar-refractivity contribution in [1.82, 2.24) is 4.90 Å². The first-order valence-electron chi connectivity index (χ1n) is 8.31. The minimum atomic E-state index is 0.201. The lowest BCUT2D eigenvalue weighted by atomic mass is 9.84. The summed E-state index contributed by atoms with van der Waals surface area (Å²) in [6.07, 6.45) is 6.06. The minimum Gasteiger partial charge on any atom is -0.375 e. The number of nitrogens with zero attached hydrogens (tertiary/aromatic N) is 1. The van der Waals surface area contributed by atoms with E-state index in [9.17, 15) is 0 Å². The van der Waals surface area contributed by atoms with Crippen LogP contribution in [0, 0.1) is 5.92 Å². The SMILES string of the molecule is CC(C)CN(CCCN)C1CCOC2(CCSCC2)C1. The fourth-order valence-electron chi connectivity index (χ4n) is 3.59. The van der Waals surface area contributed by atoms with Crippen LogP contribution >= 0.6 is 11.8 Å². The van der Waals surface area contributed by atoms with E-state index >= 15 is 0 Å². The van der Waals surface area contributed by atoms with Crippen LogP contribution in [0.5, 0.6) is 0 Å². The summed E-state index contributed by atoms with van der Waals surface area (Å²) in [5.41, 5.74) is 5.92. The second-order valence-electron chi connectivity index (χ2n) is 6.82. The van der Waals surface area contributed by atoms with Gasteiger partial charge in [0.15, 0.2) is 0 Å². The van der Waals surface area contributed by atoms with Gasteiger partial charge in [0.2, 0.25) is 0 Å². The first-order chi connectivity index (χ1) is 9.65. The number of nitrogens with two attached hydrogens (primary N) is 1. The van der Waals surface area contributed by atoms with Crippen LogP contribution in [-0.4, -0.2) is 54.3 Å². The molecule has 0 aliphatic carbocycles. The van der Waals surface area contributed by atoms with Crippen LogP contribution in [0.1, 0.15) is 46.0 Å². The molecule has 2 aliphatic heterocycles. The van der Waals surface area contributed by atoms with Gasteiger partial charge >= 0.3 is 0 Å². The molecule has 3 nitrogen and oxygen atoms in total. The van der Waals surface area contributed by atoms with Gasteiger partial charge in [-0.1, -0.05) is 13.8 Å². The molecule has 118 valence electrons. The molecule has 2 N–H and O–H groups in total. The monoisotopic (exact) mass is 300 g/mol. The van der Waals surface area contributed by atoms with Crippen molar-refractivity contribution in [1.29, 1.82) is 0 Å². The van der Waals surface area contributed by atoms with Crippen LogP contribution in [0.3, 0.4) is 0 Å². The van der Waals surface area contributed by atoms with Crippen LogP contribution in [0.2, 0.25) is 0 Å². The van der Waals surface area contributed by atoms with Gasteiger partial charge in [-0.15, -0.1) is 0 Å². The van der Waals surface area contributed by atoms with Crippen molar-refractivity contribution in [2.24, 2.45) is 11.7 Å². The molecule has 0 amide bonds. The lowest BCUT2D eigenvalue weighted by Gasteiger charge is -2.47.